The lowest BCUT2D eigenvalue weighted by Crippen LogP contribution is -2.43. The predicted octanol–water partition coefficient (Wildman–Crippen LogP) is 2.89. The largest absolute Gasteiger partial charge is 0.508 e. The van der Waals surface area contributed by atoms with Gasteiger partial charge in [-0.2, -0.15) is 0 Å². The van der Waals surface area contributed by atoms with Crippen LogP contribution in [0.3, 0.4) is 0 Å². The summed E-state index contributed by atoms with van der Waals surface area (Å²) in [4.78, 5) is 14.4. The van der Waals surface area contributed by atoms with Crippen LogP contribution in [0.4, 0.5) is 0 Å². The van der Waals surface area contributed by atoms with Gasteiger partial charge in [-0.1, -0.05) is 13.3 Å². The molecule has 1 fully saturated rings. The van der Waals surface area contributed by atoms with Crippen LogP contribution in [0.5, 0.6) is 11.5 Å². The predicted molar refractivity (Wildman–Crippen MR) is 73.4 cm³/mol. The second kappa shape index (κ2) is 5.95. The molecule has 1 atom stereocenters. The maximum absolute atomic E-state index is 12.5. The molecule has 0 radical (unpaired) electrons. The van der Waals surface area contributed by atoms with Crippen LogP contribution in [0.2, 0.25) is 0 Å². The van der Waals surface area contributed by atoms with Crippen molar-refractivity contribution in [1.82, 2.24) is 4.90 Å². The Bertz CT molecular complexity index is 457. The van der Waals surface area contributed by atoms with Gasteiger partial charge in [0.15, 0.2) is 0 Å². The Kier molecular flexibility index (Phi) is 4.30. The fourth-order valence-corrected chi connectivity index (χ4v) is 2.75. The Labute approximate surface area is 113 Å². The van der Waals surface area contributed by atoms with Crippen LogP contribution >= 0.6 is 0 Å². The van der Waals surface area contributed by atoms with Crippen LogP contribution in [-0.4, -0.2) is 33.6 Å². The molecule has 0 saturated carbocycles. The number of phenolic OH excluding ortho intramolecular Hbond substituents is 2. The molecule has 2 rings (SSSR count). The number of hydrogen-bond donors (Lipinski definition) is 2. The summed E-state index contributed by atoms with van der Waals surface area (Å²) in [6.45, 7) is 2.85. The van der Waals surface area contributed by atoms with E-state index in [1.807, 2.05) is 4.90 Å². The fourth-order valence-electron chi connectivity index (χ4n) is 2.75. The number of phenols is 2. The summed E-state index contributed by atoms with van der Waals surface area (Å²) in [5.74, 6) is -0.236. The number of piperidine rings is 1. The third-order valence-corrected chi connectivity index (χ3v) is 3.72. The van der Waals surface area contributed by atoms with Crippen molar-refractivity contribution in [3.63, 3.8) is 0 Å². The molecule has 0 bridgehead atoms. The smallest absolute Gasteiger partial charge is 0.257 e. The molecule has 1 saturated heterocycles. The number of nitrogens with zero attached hydrogens (tertiary/aromatic N) is 1. The molecule has 0 aromatic heterocycles. The van der Waals surface area contributed by atoms with E-state index in [0.29, 0.717) is 0 Å². The third kappa shape index (κ3) is 3.00. The molecule has 0 aliphatic carbocycles. The Morgan fingerprint density at radius 2 is 2.16 bits per heavy atom. The minimum Gasteiger partial charge on any atom is -0.508 e. The second-order valence-electron chi connectivity index (χ2n) is 5.14. The van der Waals surface area contributed by atoms with Gasteiger partial charge in [0.1, 0.15) is 11.5 Å². The van der Waals surface area contributed by atoms with Gasteiger partial charge >= 0.3 is 0 Å². The minimum atomic E-state index is -0.174. The van der Waals surface area contributed by atoms with Crippen molar-refractivity contribution in [2.24, 2.45) is 0 Å². The average Bonchev–Trinajstić information content (AvgIpc) is 2.42. The number of benzene rings is 1. The highest BCUT2D eigenvalue weighted by Gasteiger charge is 2.28. The van der Waals surface area contributed by atoms with E-state index >= 15 is 0 Å². The van der Waals surface area contributed by atoms with Crippen molar-refractivity contribution in [2.45, 2.75) is 45.1 Å². The van der Waals surface area contributed by atoms with Gasteiger partial charge in [-0.05, 0) is 43.9 Å². The van der Waals surface area contributed by atoms with E-state index in [9.17, 15) is 15.0 Å². The van der Waals surface area contributed by atoms with E-state index < -0.39 is 0 Å². The first-order valence-electron chi connectivity index (χ1n) is 6.96. The van der Waals surface area contributed by atoms with Gasteiger partial charge in [-0.15, -0.1) is 0 Å². The molecule has 1 amide bonds. The molecule has 1 aliphatic heterocycles. The molecular formula is C15H21NO3. The molecule has 104 valence electrons. The molecule has 0 spiro atoms. The first-order chi connectivity index (χ1) is 9.13. The molecule has 1 unspecified atom stereocenters. The van der Waals surface area contributed by atoms with Crippen LogP contribution in [0.1, 0.15) is 49.4 Å². The topological polar surface area (TPSA) is 60.8 Å². The summed E-state index contributed by atoms with van der Waals surface area (Å²) >= 11 is 0. The summed E-state index contributed by atoms with van der Waals surface area (Å²) < 4.78 is 0. The van der Waals surface area contributed by atoms with Crippen LogP contribution in [0.15, 0.2) is 18.2 Å². The fraction of sp³-hybridized carbons (Fsp3) is 0.533. The van der Waals surface area contributed by atoms with E-state index in [1.54, 1.807) is 0 Å². The molecular weight excluding hydrogens is 242 g/mol. The maximum Gasteiger partial charge on any atom is 0.257 e. The van der Waals surface area contributed by atoms with Gasteiger partial charge in [0.05, 0.1) is 5.56 Å². The number of carbonyl (C=O) groups is 1. The molecule has 4 heteroatoms. The Balaban J connectivity index is 2.23. The first kappa shape index (κ1) is 13.7. The highest BCUT2D eigenvalue weighted by Crippen LogP contribution is 2.28. The quantitative estimate of drug-likeness (QED) is 0.824. The SMILES string of the molecule is CCCC1CCCCN1C(=O)c1cc(O)ccc1O. The van der Waals surface area contributed by atoms with Crippen molar-refractivity contribution in [1.29, 1.82) is 0 Å². The number of rotatable bonds is 3. The van der Waals surface area contributed by atoms with Crippen molar-refractivity contribution >= 4 is 5.91 Å². The van der Waals surface area contributed by atoms with E-state index in [1.165, 1.54) is 18.2 Å². The summed E-state index contributed by atoms with van der Waals surface area (Å²) in [6.07, 6.45) is 5.22. The van der Waals surface area contributed by atoms with Gasteiger partial charge < -0.3 is 15.1 Å². The molecule has 4 nitrogen and oxygen atoms in total. The normalized spacial score (nSPS) is 19.4. The van der Waals surface area contributed by atoms with Crippen LogP contribution in [-0.2, 0) is 0 Å². The van der Waals surface area contributed by atoms with E-state index in [-0.39, 0.29) is 29.0 Å². The van der Waals surface area contributed by atoms with Gasteiger partial charge in [0.2, 0.25) is 0 Å². The lowest BCUT2D eigenvalue weighted by atomic mass is 9.97. The van der Waals surface area contributed by atoms with Gasteiger partial charge in [-0.25, -0.2) is 0 Å². The summed E-state index contributed by atoms with van der Waals surface area (Å²) in [5, 5.41) is 19.3. The number of aromatic hydroxyl groups is 2. The molecule has 1 aromatic carbocycles. The number of likely N-dealkylation sites (tertiary alicyclic amines) is 1. The van der Waals surface area contributed by atoms with Gasteiger partial charge in [0, 0.05) is 12.6 Å². The van der Waals surface area contributed by atoms with E-state index in [0.717, 1.165) is 38.6 Å². The molecule has 19 heavy (non-hydrogen) atoms. The molecule has 1 aromatic rings. The summed E-state index contributed by atoms with van der Waals surface area (Å²) in [7, 11) is 0. The van der Waals surface area contributed by atoms with E-state index in [2.05, 4.69) is 6.92 Å². The van der Waals surface area contributed by atoms with Gasteiger partial charge in [-0.3, -0.25) is 4.79 Å². The summed E-state index contributed by atoms with van der Waals surface area (Å²) in [6, 6.07) is 4.34. The minimum absolute atomic E-state index is 0.00482. The highest BCUT2D eigenvalue weighted by molar-refractivity contribution is 5.97. The lowest BCUT2D eigenvalue weighted by Gasteiger charge is -2.36. The molecule has 1 heterocycles. The van der Waals surface area contributed by atoms with Crippen molar-refractivity contribution in [3.8, 4) is 11.5 Å². The zero-order valence-corrected chi connectivity index (χ0v) is 11.3. The van der Waals surface area contributed by atoms with Crippen LogP contribution < -0.4 is 0 Å². The number of carbonyl (C=O) groups excluding carboxylic acids is 1. The third-order valence-electron chi connectivity index (χ3n) is 3.72. The van der Waals surface area contributed by atoms with Gasteiger partial charge in [0.25, 0.3) is 5.91 Å². The Hall–Kier alpha value is -1.71. The standard InChI is InChI=1S/C15H21NO3/c1-2-5-11-6-3-4-9-16(11)15(19)13-10-12(17)7-8-14(13)18/h7-8,10-11,17-18H,2-6,9H2,1H3. The van der Waals surface area contributed by atoms with Crippen LogP contribution in [0, 0.1) is 0 Å². The Morgan fingerprint density at radius 3 is 2.89 bits per heavy atom. The molecule has 1 aliphatic rings. The second-order valence-corrected chi connectivity index (χ2v) is 5.14. The lowest BCUT2D eigenvalue weighted by molar-refractivity contribution is 0.0597. The average molecular weight is 263 g/mol. The number of amides is 1. The monoisotopic (exact) mass is 263 g/mol. The zero-order chi connectivity index (χ0) is 13.8. The Morgan fingerprint density at radius 1 is 1.37 bits per heavy atom. The van der Waals surface area contributed by atoms with Crippen molar-refractivity contribution < 1.29 is 15.0 Å². The van der Waals surface area contributed by atoms with Crippen molar-refractivity contribution in [2.75, 3.05) is 6.54 Å². The van der Waals surface area contributed by atoms with E-state index in [4.69, 9.17) is 0 Å². The van der Waals surface area contributed by atoms with Crippen molar-refractivity contribution in [3.05, 3.63) is 23.8 Å². The highest BCUT2D eigenvalue weighted by atomic mass is 16.3. The maximum atomic E-state index is 12.5. The molecule has 2 N–H and O–H groups in total. The number of hydrogen-bond acceptors (Lipinski definition) is 3. The van der Waals surface area contributed by atoms with Crippen LogP contribution in [0.25, 0.3) is 0 Å². The first-order valence-corrected chi connectivity index (χ1v) is 6.96. The summed E-state index contributed by atoms with van der Waals surface area (Å²) in [5.41, 5.74) is 0.197. The zero-order valence-electron chi connectivity index (χ0n) is 11.3.